The summed E-state index contributed by atoms with van der Waals surface area (Å²) in [5.41, 5.74) is 4.35. The van der Waals surface area contributed by atoms with Gasteiger partial charge in [-0.05, 0) is 42.5 Å². The molecule has 16 heavy (non-hydrogen) atoms. The second-order valence-electron chi connectivity index (χ2n) is 5.21. The van der Waals surface area contributed by atoms with Gasteiger partial charge in [0.25, 0.3) is 0 Å². The van der Waals surface area contributed by atoms with Crippen molar-refractivity contribution >= 4 is 0 Å². The summed E-state index contributed by atoms with van der Waals surface area (Å²) in [4.78, 5) is 0. The highest BCUT2D eigenvalue weighted by Crippen LogP contribution is 2.28. The van der Waals surface area contributed by atoms with Crippen molar-refractivity contribution in [3.63, 3.8) is 0 Å². The Morgan fingerprint density at radius 3 is 1.94 bits per heavy atom. The predicted octanol–water partition coefficient (Wildman–Crippen LogP) is 4.21. The topological polar surface area (TPSA) is 12.0 Å². The Hall–Kier alpha value is -0.820. The monoisotopic (exact) mass is 219 g/mol. The summed E-state index contributed by atoms with van der Waals surface area (Å²) < 4.78 is 0. The van der Waals surface area contributed by atoms with Gasteiger partial charge >= 0.3 is 0 Å². The van der Waals surface area contributed by atoms with Gasteiger partial charge in [0.15, 0.2) is 0 Å². The fraction of sp³-hybridized carbons (Fsp3) is 0.600. The SMILES string of the molecule is CNC(C)c1ccc(C(C)C)cc1C(C)C. The fourth-order valence-corrected chi connectivity index (χ4v) is 2.00. The molecule has 0 saturated carbocycles. The summed E-state index contributed by atoms with van der Waals surface area (Å²) in [6.07, 6.45) is 0. The van der Waals surface area contributed by atoms with Crippen LogP contribution in [0.2, 0.25) is 0 Å². The van der Waals surface area contributed by atoms with Crippen molar-refractivity contribution in [1.82, 2.24) is 5.32 Å². The van der Waals surface area contributed by atoms with Crippen LogP contribution in [-0.2, 0) is 0 Å². The van der Waals surface area contributed by atoms with Crippen LogP contribution < -0.4 is 5.32 Å². The Morgan fingerprint density at radius 1 is 0.875 bits per heavy atom. The quantitative estimate of drug-likeness (QED) is 0.799. The van der Waals surface area contributed by atoms with E-state index >= 15 is 0 Å². The third kappa shape index (κ3) is 2.85. The molecule has 1 unspecified atom stereocenters. The van der Waals surface area contributed by atoms with Crippen molar-refractivity contribution in [2.24, 2.45) is 0 Å². The Labute approximate surface area is 100 Å². The minimum atomic E-state index is 0.429. The lowest BCUT2D eigenvalue weighted by Crippen LogP contribution is -2.15. The average molecular weight is 219 g/mol. The highest BCUT2D eigenvalue weighted by Gasteiger charge is 2.13. The first-order valence-corrected chi connectivity index (χ1v) is 6.28. The molecule has 1 rings (SSSR count). The first kappa shape index (κ1) is 13.2. The van der Waals surface area contributed by atoms with Crippen LogP contribution in [0.15, 0.2) is 18.2 Å². The highest BCUT2D eigenvalue weighted by molar-refractivity contribution is 5.37. The molecule has 1 atom stereocenters. The van der Waals surface area contributed by atoms with Crippen LogP contribution in [0.5, 0.6) is 0 Å². The van der Waals surface area contributed by atoms with Crippen molar-refractivity contribution in [2.45, 2.75) is 52.5 Å². The molecule has 0 bridgehead atoms. The Bertz CT molecular complexity index is 339. The van der Waals surface area contributed by atoms with Crippen molar-refractivity contribution in [2.75, 3.05) is 7.05 Å². The molecule has 0 aliphatic carbocycles. The molecule has 0 aliphatic rings. The Balaban J connectivity index is 3.19. The van der Waals surface area contributed by atoms with E-state index in [2.05, 4.69) is 58.1 Å². The van der Waals surface area contributed by atoms with Crippen LogP contribution >= 0.6 is 0 Å². The van der Waals surface area contributed by atoms with Gasteiger partial charge in [0.1, 0.15) is 0 Å². The van der Waals surface area contributed by atoms with E-state index in [0.717, 1.165) is 0 Å². The lowest BCUT2D eigenvalue weighted by Gasteiger charge is -2.20. The first-order chi connectivity index (χ1) is 7.47. The van der Waals surface area contributed by atoms with Gasteiger partial charge < -0.3 is 5.32 Å². The van der Waals surface area contributed by atoms with E-state index < -0.39 is 0 Å². The summed E-state index contributed by atoms with van der Waals surface area (Å²) in [5.74, 6) is 1.20. The van der Waals surface area contributed by atoms with Gasteiger partial charge in [-0.1, -0.05) is 45.9 Å². The van der Waals surface area contributed by atoms with Gasteiger partial charge in [0.05, 0.1) is 0 Å². The average Bonchev–Trinajstić information content (AvgIpc) is 2.26. The van der Waals surface area contributed by atoms with Crippen LogP contribution in [-0.4, -0.2) is 7.05 Å². The zero-order valence-electron chi connectivity index (χ0n) is 11.5. The zero-order chi connectivity index (χ0) is 12.3. The largest absolute Gasteiger partial charge is 0.313 e. The normalized spacial score (nSPS) is 13.5. The third-order valence-electron chi connectivity index (χ3n) is 3.30. The fourth-order valence-electron chi connectivity index (χ4n) is 2.00. The molecule has 1 nitrogen and oxygen atoms in total. The maximum absolute atomic E-state index is 3.33. The molecule has 0 radical (unpaired) electrons. The number of benzene rings is 1. The van der Waals surface area contributed by atoms with E-state index in [-0.39, 0.29) is 0 Å². The van der Waals surface area contributed by atoms with Crippen molar-refractivity contribution < 1.29 is 0 Å². The molecule has 1 aromatic carbocycles. The zero-order valence-corrected chi connectivity index (χ0v) is 11.5. The molecular weight excluding hydrogens is 194 g/mol. The molecule has 0 amide bonds. The van der Waals surface area contributed by atoms with Crippen molar-refractivity contribution in [1.29, 1.82) is 0 Å². The molecule has 0 heterocycles. The molecule has 90 valence electrons. The molecule has 1 N–H and O–H groups in total. The van der Waals surface area contributed by atoms with E-state index in [1.54, 1.807) is 0 Å². The lowest BCUT2D eigenvalue weighted by atomic mass is 9.89. The van der Waals surface area contributed by atoms with Crippen LogP contribution in [0.3, 0.4) is 0 Å². The summed E-state index contributed by atoms with van der Waals surface area (Å²) in [7, 11) is 2.02. The summed E-state index contributed by atoms with van der Waals surface area (Å²) >= 11 is 0. The molecule has 0 saturated heterocycles. The van der Waals surface area contributed by atoms with E-state index in [4.69, 9.17) is 0 Å². The third-order valence-corrected chi connectivity index (χ3v) is 3.30. The second-order valence-corrected chi connectivity index (χ2v) is 5.21. The van der Waals surface area contributed by atoms with Gasteiger partial charge in [0, 0.05) is 6.04 Å². The minimum absolute atomic E-state index is 0.429. The summed E-state index contributed by atoms with van der Waals surface area (Å²) in [5, 5.41) is 3.33. The second kappa shape index (κ2) is 5.49. The van der Waals surface area contributed by atoms with Crippen LogP contribution in [0.4, 0.5) is 0 Å². The van der Waals surface area contributed by atoms with Crippen LogP contribution in [0.25, 0.3) is 0 Å². The molecule has 0 aliphatic heterocycles. The van der Waals surface area contributed by atoms with Crippen molar-refractivity contribution in [3.8, 4) is 0 Å². The Kier molecular flexibility index (Phi) is 4.55. The van der Waals surface area contributed by atoms with E-state index in [1.165, 1.54) is 16.7 Å². The summed E-state index contributed by atoms with van der Waals surface area (Å²) in [6, 6.07) is 7.35. The molecule has 0 aromatic heterocycles. The number of nitrogens with one attached hydrogen (secondary N) is 1. The maximum atomic E-state index is 3.33. The van der Waals surface area contributed by atoms with E-state index in [1.807, 2.05) is 7.05 Å². The minimum Gasteiger partial charge on any atom is -0.313 e. The highest BCUT2D eigenvalue weighted by atomic mass is 14.9. The van der Waals surface area contributed by atoms with Crippen molar-refractivity contribution in [3.05, 3.63) is 34.9 Å². The molecule has 0 spiro atoms. The predicted molar refractivity (Wildman–Crippen MR) is 72.1 cm³/mol. The Morgan fingerprint density at radius 2 is 1.50 bits per heavy atom. The molecule has 1 aromatic rings. The molecule has 1 heteroatoms. The number of hydrogen-bond acceptors (Lipinski definition) is 1. The smallest absolute Gasteiger partial charge is 0.0291 e. The van der Waals surface area contributed by atoms with Crippen LogP contribution in [0.1, 0.15) is 69.2 Å². The van der Waals surface area contributed by atoms with Gasteiger partial charge in [-0.25, -0.2) is 0 Å². The summed E-state index contributed by atoms with van der Waals surface area (Å²) in [6.45, 7) is 11.3. The van der Waals surface area contributed by atoms with E-state index in [0.29, 0.717) is 17.9 Å². The van der Waals surface area contributed by atoms with Gasteiger partial charge in [-0.15, -0.1) is 0 Å². The molecule has 0 fully saturated rings. The van der Waals surface area contributed by atoms with Gasteiger partial charge in [-0.2, -0.15) is 0 Å². The molecular formula is C15H25N. The number of hydrogen-bond donors (Lipinski definition) is 1. The number of rotatable bonds is 4. The van der Waals surface area contributed by atoms with Gasteiger partial charge in [0.2, 0.25) is 0 Å². The maximum Gasteiger partial charge on any atom is 0.0291 e. The lowest BCUT2D eigenvalue weighted by molar-refractivity contribution is 0.636. The standard InChI is InChI=1S/C15H25N/c1-10(2)13-7-8-14(12(5)16-6)15(9-13)11(3)4/h7-12,16H,1-6H3. The van der Waals surface area contributed by atoms with Gasteiger partial charge in [-0.3, -0.25) is 0 Å². The first-order valence-electron chi connectivity index (χ1n) is 6.28. The van der Waals surface area contributed by atoms with E-state index in [9.17, 15) is 0 Å². The van der Waals surface area contributed by atoms with Crippen LogP contribution in [0, 0.1) is 0 Å².